The van der Waals surface area contributed by atoms with E-state index in [-0.39, 0.29) is 12.1 Å². The minimum absolute atomic E-state index is 0.0857. The molecule has 0 radical (unpaired) electrons. The maximum Gasteiger partial charge on any atom is 0.305 e. The normalized spacial score (nSPS) is 13.0. The Kier molecular flexibility index (Phi) is 6.59. The zero-order valence-corrected chi connectivity index (χ0v) is 9.00. The highest BCUT2D eigenvalue weighted by atomic mass is 16.6. The molecule has 0 bridgehead atoms. The van der Waals surface area contributed by atoms with E-state index in [1.165, 1.54) is 0 Å². The Morgan fingerprint density at radius 3 is 2.38 bits per heavy atom. The quantitative estimate of drug-likeness (QED) is 0.598. The second-order valence-corrected chi connectivity index (χ2v) is 3.55. The zero-order chi connectivity index (χ0) is 10.3. The molecule has 0 spiro atoms. The van der Waals surface area contributed by atoms with Crippen molar-refractivity contribution in [1.29, 1.82) is 0 Å². The van der Waals surface area contributed by atoms with Crippen LogP contribution in [0.5, 0.6) is 0 Å². The molecule has 0 unspecified atom stereocenters. The fraction of sp³-hybridized carbons (Fsp3) is 0.900. The van der Waals surface area contributed by atoms with Crippen LogP contribution in [0.15, 0.2) is 0 Å². The number of ether oxygens (including phenoxy) is 2. The molecule has 0 aliphatic rings. The summed E-state index contributed by atoms with van der Waals surface area (Å²) < 4.78 is 10.2. The number of methoxy groups -OCH3 is 1. The van der Waals surface area contributed by atoms with Gasteiger partial charge in [0.2, 0.25) is 0 Å². The Morgan fingerprint density at radius 1 is 1.38 bits per heavy atom. The summed E-state index contributed by atoms with van der Waals surface area (Å²) in [7, 11) is 1.62. The van der Waals surface area contributed by atoms with Gasteiger partial charge in [-0.05, 0) is 12.3 Å². The number of rotatable bonds is 6. The summed E-state index contributed by atoms with van der Waals surface area (Å²) in [5.41, 5.74) is 0. The van der Waals surface area contributed by atoms with Crippen LogP contribution < -0.4 is 0 Å². The van der Waals surface area contributed by atoms with Crippen molar-refractivity contribution in [3.05, 3.63) is 0 Å². The average molecular weight is 188 g/mol. The van der Waals surface area contributed by atoms with Gasteiger partial charge in [-0.2, -0.15) is 0 Å². The van der Waals surface area contributed by atoms with Crippen LogP contribution >= 0.6 is 0 Å². The Morgan fingerprint density at radius 2 is 2.00 bits per heavy atom. The van der Waals surface area contributed by atoms with Gasteiger partial charge in [0.1, 0.15) is 6.10 Å². The molecule has 0 rings (SSSR count). The van der Waals surface area contributed by atoms with Crippen molar-refractivity contribution in [1.82, 2.24) is 0 Å². The fourth-order valence-corrected chi connectivity index (χ4v) is 1.13. The predicted molar refractivity (Wildman–Crippen MR) is 51.5 cm³/mol. The van der Waals surface area contributed by atoms with E-state index in [4.69, 9.17) is 9.47 Å². The molecular formula is C10H20O3. The molecule has 0 aliphatic carbocycles. The molecule has 0 aliphatic heterocycles. The number of carbonyl (C=O) groups is 1. The molecule has 0 aromatic heterocycles. The molecule has 0 fully saturated rings. The molecule has 13 heavy (non-hydrogen) atoms. The van der Waals surface area contributed by atoms with Crippen molar-refractivity contribution in [3.8, 4) is 0 Å². The van der Waals surface area contributed by atoms with Crippen molar-refractivity contribution in [3.63, 3.8) is 0 Å². The zero-order valence-electron chi connectivity index (χ0n) is 9.00. The molecule has 78 valence electrons. The van der Waals surface area contributed by atoms with E-state index < -0.39 is 0 Å². The summed E-state index contributed by atoms with van der Waals surface area (Å²) >= 11 is 0. The van der Waals surface area contributed by atoms with Crippen LogP contribution in [0, 0.1) is 5.92 Å². The van der Waals surface area contributed by atoms with Crippen LogP contribution in [0.3, 0.4) is 0 Å². The highest BCUT2D eigenvalue weighted by Gasteiger charge is 2.14. The van der Waals surface area contributed by atoms with E-state index in [1.54, 1.807) is 14.0 Å². The molecule has 0 saturated carbocycles. The Balaban J connectivity index is 3.86. The second kappa shape index (κ2) is 6.89. The van der Waals surface area contributed by atoms with Gasteiger partial charge < -0.3 is 9.47 Å². The van der Waals surface area contributed by atoms with Crippen molar-refractivity contribution >= 4 is 5.97 Å². The number of hydrogen-bond acceptors (Lipinski definition) is 3. The van der Waals surface area contributed by atoms with Gasteiger partial charge in [0.05, 0.1) is 6.61 Å². The lowest BCUT2D eigenvalue weighted by Crippen LogP contribution is -2.24. The first-order chi connectivity index (χ1) is 6.10. The van der Waals surface area contributed by atoms with E-state index in [0.717, 1.165) is 6.42 Å². The number of esters is 1. The lowest BCUT2D eigenvalue weighted by Gasteiger charge is -2.18. The summed E-state index contributed by atoms with van der Waals surface area (Å²) in [6, 6.07) is 0. The Labute approximate surface area is 80.4 Å². The van der Waals surface area contributed by atoms with E-state index in [2.05, 4.69) is 13.8 Å². The van der Waals surface area contributed by atoms with Crippen LogP contribution in [-0.4, -0.2) is 25.8 Å². The summed E-state index contributed by atoms with van der Waals surface area (Å²) in [6.45, 7) is 6.48. The van der Waals surface area contributed by atoms with Crippen LogP contribution in [0.4, 0.5) is 0 Å². The maximum atomic E-state index is 11.0. The largest absolute Gasteiger partial charge is 0.460 e. The minimum atomic E-state index is -0.150. The van der Waals surface area contributed by atoms with Gasteiger partial charge in [-0.3, -0.25) is 4.79 Å². The van der Waals surface area contributed by atoms with Crippen LogP contribution in [0.25, 0.3) is 0 Å². The summed E-state index contributed by atoms with van der Waals surface area (Å²) in [5.74, 6) is 0.368. The first kappa shape index (κ1) is 12.4. The fourth-order valence-electron chi connectivity index (χ4n) is 1.13. The molecule has 3 heteroatoms. The van der Waals surface area contributed by atoms with Crippen molar-refractivity contribution in [2.75, 3.05) is 13.7 Å². The molecule has 0 N–H and O–H groups in total. The molecule has 3 nitrogen and oxygen atoms in total. The first-order valence-electron chi connectivity index (χ1n) is 4.78. The van der Waals surface area contributed by atoms with Gasteiger partial charge in [-0.25, -0.2) is 0 Å². The summed E-state index contributed by atoms with van der Waals surface area (Å²) in [5, 5.41) is 0. The molecule has 0 aromatic carbocycles. The monoisotopic (exact) mass is 188 g/mol. The first-order valence-corrected chi connectivity index (χ1v) is 4.78. The molecular weight excluding hydrogens is 168 g/mol. The van der Waals surface area contributed by atoms with Crippen LogP contribution in [0.1, 0.15) is 33.6 Å². The summed E-state index contributed by atoms with van der Waals surface area (Å²) in [4.78, 5) is 11.0. The van der Waals surface area contributed by atoms with Gasteiger partial charge in [-0.1, -0.05) is 20.8 Å². The topological polar surface area (TPSA) is 35.5 Å². The standard InChI is InChI=1S/C10H20O3/c1-5-10(11)13-9(7-12-4)6-8(2)3/h8-9H,5-7H2,1-4H3/t9-/m0/s1. The van der Waals surface area contributed by atoms with Crippen molar-refractivity contribution in [2.45, 2.75) is 39.7 Å². The third-order valence-electron chi connectivity index (χ3n) is 1.67. The van der Waals surface area contributed by atoms with Gasteiger partial charge >= 0.3 is 5.97 Å². The lowest BCUT2D eigenvalue weighted by atomic mass is 10.1. The highest BCUT2D eigenvalue weighted by molar-refractivity contribution is 5.69. The molecule has 0 saturated heterocycles. The van der Waals surface area contributed by atoms with E-state index in [0.29, 0.717) is 18.9 Å². The Bertz CT molecular complexity index is 143. The Hall–Kier alpha value is -0.570. The number of hydrogen-bond donors (Lipinski definition) is 0. The average Bonchev–Trinajstić information content (AvgIpc) is 2.03. The molecule has 0 heterocycles. The van der Waals surface area contributed by atoms with Crippen LogP contribution in [-0.2, 0) is 14.3 Å². The third kappa shape index (κ3) is 6.58. The van der Waals surface area contributed by atoms with E-state index in [1.807, 2.05) is 0 Å². The SMILES string of the molecule is CCC(=O)O[C@H](COC)CC(C)C. The van der Waals surface area contributed by atoms with Crippen molar-refractivity contribution < 1.29 is 14.3 Å². The lowest BCUT2D eigenvalue weighted by molar-refractivity contribution is -0.152. The third-order valence-corrected chi connectivity index (χ3v) is 1.67. The maximum absolute atomic E-state index is 11.0. The van der Waals surface area contributed by atoms with E-state index >= 15 is 0 Å². The smallest absolute Gasteiger partial charge is 0.305 e. The minimum Gasteiger partial charge on any atom is -0.460 e. The number of carbonyl (C=O) groups excluding carboxylic acids is 1. The molecule has 0 amide bonds. The van der Waals surface area contributed by atoms with Crippen molar-refractivity contribution in [2.24, 2.45) is 5.92 Å². The van der Waals surface area contributed by atoms with Gasteiger partial charge in [0.15, 0.2) is 0 Å². The van der Waals surface area contributed by atoms with Crippen LogP contribution in [0.2, 0.25) is 0 Å². The van der Waals surface area contributed by atoms with Gasteiger partial charge in [-0.15, -0.1) is 0 Å². The van der Waals surface area contributed by atoms with Gasteiger partial charge in [0, 0.05) is 13.5 Å². The second-order valence-electron chi connectivity index (χ2n) is 3.55. The molecule has 1 atom stereocenters. The highest BCUT2D eigenvalue weighted by Crippen LogP contribution is 2.09. The summed E-state index contributed by atoms with van der Waals surface area (Å²) in [6.07, 6.45) is 1.20. The van der Waals surface area contributed by atoms with E-state index in [9.17, 15) is 4.79 Å². The molecule has 0 aromatic rings. The van der Waals surface area contributed by atoms with Gasteiger partial charge in [0.25, 0.3) is 0 Å². The predicted octanol–water partition coefficient (Wildman–Crippen LogP) is 2.00.